The molecule has 1 amide bonds. The Bertz CT molecular complexity index is 1120. The van der Waals surface area contributed by atoms with Gasteiger partial charge in [-0.1, -0.05) is 18.2 Å². The molecular weight excluding hydrogens is 442 g/mol. The number of aliphatic imine (C=N–C) groups is 1. The highest BCUT2D eigenvalue weighted by atomic mass is 16.1. The van der Waals surface area contributed by atoms with E-state index in [-0.39, 0.29) is 17.8 Å². The van der Waals surface area contributed by atoms with E-state index in [0.29, 0.717) is 46.8 Å². The molecule has 10 nitrogen and oxygen atoms in total. The Hall–Kier alpha value is -3.79. The Balaban J connectivity index is 1.52. The molecule has 1 aromatic rings. The molecule has 3 aliphatic rings. The molecule has 0 spiro atoms. The lowest BCUT2D eigenvalue weighted by atomic mass is 10.0. The van der Waals surface area contributed by atoms with E-state index >= 15 is 0 Å². The molecule has 10 heteroatoms. The number of hydrogen-bond acceptors (Lipinski definition) is 7. The summed E-state index contributed by atoms with van der Waals surface area (Å²) >= 11 is 0. The standard InChI is InChI=1S/C25H33N9O/c1-29-24(32-19-10-17-13-34(2)14-18(17)11-19)21(23(27)28)22(26)15-4-3-5-16(7-6-15)25(35)33-20-12-30-8-9-31-20/h3,5-9,12,17-19H,4,10-11,13-14,26H2,1-2H3,(H3,27,28)(H,29,32)(H,31,33,35)/b22-21-. The second-order valence-corrected chi connectivity index (χ2v) is 9.29. The first kappa shape index (κ1) is 24.3. The molecule has 184 valence electrons. The monoisotopic (exact) mass is 475 g/mol. The molecule has 1 aliphatic heterocycles. The third-order valence-corrected chi connectivity index (χ3v) is 6.79. The predicted octanol–water partition coefficient (Wildman–Crippen LogP) is 1.33. The van der Waals surface area contributed by atoms with Crippen molar-refractivity contribution >= 4 is 23.4 Å². The van der Waals surface area contributed by atoms with Crippen LogP contribution >= 0.6 is 0 Å². The summed E-state index contributed by atoms with van der Waals surface area (Å²) in [5.74, 6) is 1.83. The van der Waals surface area contributed by atoms with Gasteiger partial charge in [-0.3, -0.25) is 20.2 Å². The van der Waals surface area contributed by atoms with Gasteiger partial charge in [0.25, 0.3) is 5.91 Å². The second kappa shape index (κ2) is 10.6. The molecule has 0 bridgehead atoms. The minimum Gasteiger partial charge on any atom is -0.398 e. The largest absolute Gasteiger partial charge is 0.398 e. The number of amides is 1. The van der Waals surface area contributed by atoms with E-state index in [1.807, 2.05) is 6.08 Å². The molecule has 2 aliphatic carbocycles. The Morgan fingerprint density at radius 2 is 1.94 bits per heavy atom. The Labute approximate surface area is 205 Å². The summed E-state index contributed by atoms with van der Waals surface area (Å²) < 4.78 is 0. The summed E-state index contributed by atoms with van der Waals surface area (Å²) in [5.41, 5.74) is 14.5. The third kappa shape index (κ3) is 5.65. The normalized spacial score (nSPS) is 25.2. The van der Waals surface area contributed by atoms with Crippen molar-refractivity contribution in [1.82, 2.24) is 20.2 Å². The van der Waals surface area contributed by atoms with E-state index in [4.69, 9.17) is 16.9 Å². The lowest BCUT2D eigenvalue weighted by Crippen LogP contribution is -2.40. The molecule has 2 heterocycles. The summed E-state index contributed by atoms with van der Waals surface area (Å²) in [5, 5.41) is 14.5. The van der Waals surface area contributed by atoms with Crippen LogP contribution in [0.4, 0.5) is 5.82 Å². The van der Waals surface area contributed by atoms with E-state index in [9.17, 15) is 4.79 Å². The van der Waals surface area contributed by atoms with Crippen molar-refractivity contribution in [3.63, 3.8) is 0 Å². The molecule has 4 rings (SSSR count). The molecule has 1 saturated heterocycles. The predicted molar refractivity (Wildman–Crippen MR) is 138 cm³/mol. The van der Waals surface area contributed by atoms with Crippen LogP contribution in [0.5, 0.6) is 0 Å². The number of hydrogen-bond donors (Lipinski definition) is 5. The van der Waals surface area contributed by atoms with E-state index in [1.54, 1.807) is 25.3 Å². The second-order valence-electron chi connectivity index (χ2n) is 9.29. The highest BCUT2D eigenvalue weighted by molar-refractivity contribution is 6.22. The molecule has 0 radical (unpaired) electrons. The van der Waals surface area contributed by atoms with Crippen LogP contribution < -0.4 is 22.1 Å². The van der Waals surface area contributed by atoms with Crippen LogP contribution in [-0.2, 0) is 4.79 Å². The SMILES string of the molecule is CN=C(NC1CC2CN(C)CC2C1)/C(C(=N)N)=C(\N)C1=CC=C(C(=O)Nc2cnccn2)C=CC1. The first-order valence-electron chi connectivity index (χ1n) is 11.8. The Morgan fingerprint density at radius 3 is 2.57 bits per heavy atom. The molecule has 0 aromatic carbocycles. The van der Waals surface area contributed by atoms with Crippen LogP contribution in [0.3, 0.4) is 0 Å². The molecule has 1 saturated carbocycles. The van der Waals surface area contributed by atoms with E-state index in [0.717, 1.165) is 31.5 Å². The molecule has 7 N–H and O–H groups in total. The number of allylic oxidation sites excluding steroid dienone is 4. The van der Waals surface area contributed by atoms with Crippen molar-refractivity contribution < 1.29 is 4.79 Å². The van der Waals surface area contributed by atoms with Crippen molar-refractivity contribution in [3.05, 3.63) is 65.3 Å². The molecule has 2 unspecified atom stereocenters. The third-order valence-electron chi connectivity index (χ3n) is 6.79. The van der Waals surface area contributed by atoms with Gasteiger partial charge in [-0.15, -0.1) is 0 Å². The van der Waals surface area contributed by atoms with Gasteiger partial charge < -0.3 is 27.0 Å². The molecule has 2 atom stereocenters. The van der Waals surface area contributed by atoms with Crippen LogP contribution in [0.25, 0.3) is 0 Å². The summed E-state index contributed by atoms with van der Waals surface area (Å²) in [7, 11) is 3.85. The number of carbonyl (C=O) groups excluding carboxylic acids is 1. The number of anilines is 1. The smallest absolute Gasteiger partial charge is 0.256 e. The summed E-state index contributed by atoms with van der Waals surface area (Å²) in [6.45, 7) is 2.24. The van der Waals surface area contributed by atoms with Crippen molar-refractivity contribution in [3.8, 4) is 0 Å². The van der Waals surface area contributed by atoms with E-state index in [2.05, 4.69) is 37.5 Å². The van der Waals surface area contributed by atoms with Crippen LogP contribution in [0.1, 0.15) is 19.3 Å². The molecular formula is C25H33N9O. The van der Waals surface area contributed by atoms with Gasteiger partial charge in [-0.2, -0.15) is 0 Å². The lowest BCUT2D eigenvalue weighted by molar-refractivity contribution is -0.112. The van der Waals surface area contributed by atoms with Crippen molar-refractivity contribution in [2.75, 3.05) is 32.5 Å². The van der Waals surface area contributed by atoms with Gasteiger partial charge >= 0.3 is 0 Å². The van der Waals surface area contributed by atoms with Crippen LogP contribution in [-0.4, -0.2) is 65.7 Å². The Morgan fingerprint density at radius 1 is 1.20 bits per heavy atom. The average molecular weight is 476 g/mol. The van der Waals surface area contributed by atoms with Gasteiger partial charge in [0, 0.05) is 49.8 Å². The molecule has 1 aromatic heterocycles. The maximum Gasteiger partial charge on any atom is 0.256 e. The quantitative estimate of drug-likeness (QED) is 0.307. The number of fused-ring (bicyclic) bond motifs is 1. The van der Waals surface area contributed by atoms with Gasteiger partial charge in [0.15, 0.2) is 5.82 Å². The number of rotatable bonds is 6. The van der Waals surface area contributed by atoms with Crippen molar-refractivity contribution in [2.24, 2.45) is 28.3 Å². The van der Waals surface area contributed by atoms with Gasteiger partial charge in [0.05, 0.1) is 11.8 Å². The van der Waals surface area contributed by atoms with Gasteiger partial charge in [-0.05, 0) is 49.8 Å². The zero-order valence-corrected chi connectivity index (χ0v) is 20.2. The van der Waals surface area contributed by atoms with Gasteiger partial charge in [0.1, 0.15) is 11.7 Å². The van der Waals surface area contributed by atoms with Crippen molar-refractivity contribution in [2.45, 2.75) is 25.3 Å². The zero-order chi connectivity index (χ0) is 24.9. The number of nitrogens with one attached hydrogen (secondary N) is 3. The van der Waals surface area contributed by atoms with E-state index in [1.165, 1.54) is 18.6 Å². The van der Waals surface area contributed by atoms with Gasteiger partial charge in [0.2, 0.25) is 0 Å². The first-order valence-corrected chi connectivity index (χ1v) is 11.8. The topological polar surface area (TPSA) is 158 Å². The average Bonchev–Trinajstić information content (AvgIpc) is 3.23. The van der Waals surface area contributed by atoms with Crippen LogP contribution in [0.2, 0.25) is 0 Å². The van der Waals surface area contributed by atoms with E-state index < -0.39 is 0 Å². The number of nitrogens with two attached hydrogens (primary N) is 2. The molecule has 2 fully saturated rings. The summed E-state index contributed by atoms with van der Waals surface area (Å²) in [6.07, 6.45) is 14.2. The number of carbonyl (C=O) groups is 1. The lowest BCUT2D eigenvalue weighted by Gasteiger charge is -2.21. The number of nitrogens with zero attached hydrogens (tertiary/aromatic N) is 4. The number of likely N-dealkylation sites (tertiary alicyclic amines) is 1. The maximum absolute atomic E-state index is 12.6. The minimum atomic E-state index is -0.302. The van der Waals surface area contributed by atoms with Gasteiger partial charge in [-0.25, -0.2) is 4.98 Å². The van der Waals surface area contributed by atoms with Crippen LogP contribution in [0.15, 0.2) is 70.3 Å². The highest BCUT2D eigenvalue weighted by Crippen LogP contribution is 2.37. The Kier molecular flexibility index (Phi) is 7.40. The highest BCUT2D eigenvalue weighted by Gasteiger charge is 2.40. The number of aromatic nitrogens is 2. The maximum atomic E-state index is 12.6. The summed E-state index contributed by atoms with van der Waals surface area (Å²) in [4.78, 5) is 27.5. The summed E-state index contributed by atoms with van der Waals surface area (Å²) in [6, 6.07) is 0.277. The fourth-order valence-corrected chi connectivity index (χ4v) is 5.18. The van der Waals surface area contributed by atoms with Crippen LogP contribution in [0, 0.1) is 17.2 Å². The first-order chi connectivity index (χ1) is 16.9. The zero-order valence-electron chi connectivity index (χ0n) is 20.2. The minimum absolute atomic E-state index is 0.146. The number of amidine groups is 2. The fraction of sp³-hybridized carbons (Fsp3) is 0.400. The molecule has 35 heavy (non-hydrogen) atoms. The fourth-order valence-electron chi connectivity index (χ4n) is 5.18. The van der Waals surface area contributed by atoms with Crippen molar-refractivity contribution in [1.29, 1.82) is 5.41 Å².